The molecule has 0 saturated carbocycles. The molecular weight excluding hydrogens is 234 g/mol. The zero-order chi connectivity index (χ0) is 14.3. The average Bonchev–Trinajstić information content (AvgIpc) is 2.34. The number of hydrogen-bond donors (Lipinski definition) is 1. The Bertz CT molecular complexity index is 355. The molecule has 0 heterocycles. The smallest absolute Gasteiger partial charge is 0.0728 e. The van der Waals surface area contributed by atoms with Crippen LogP contribution in [0.5, 0.6) is 0 Å². The van der Waals surface area contributed by atoms with E-state index in [1.807, 2.05) is 0 Å². The summed E-state index contributed by atoms with van der Waals surface area (Å²) in [7, 11) is 0. The minimum atomic E-state index is 0.297. The van der Waals surface area contributed by atoms with Crippen molar-refractivity contribution >= 4 is 0 Å². The Hall–Kier alpha value is -0.860. The molecule has 1 aromatic carbocycles. The minimum Gasteiger partial charge on any atom is -0.377 e. The van der Waals surface area contributed by atoms with Crippen LogP contribution in [0.3, 0.4) is 0 Å². The number of hydrogen-bond acceptors (Lipinski definition) is 2. The molecule has 19 heavy (non-hydrogen) atoms. The number of likely N-dealkylation sites (N-methyl/N-ethyl adjacent to an activating group) is 1. The highest BCUT2D eigenvalue weighted by molar-refractivity contribution is 5.29. The van der Waals surface area contributed by atoms with Crippen LogP contribution in [0.1, 0.15) is 43.9 Å². The fourth-order valence-corrected chi connectivity index (χ4v) is 2.77. The topological polar surface area (TPSA) is 21.3 Å². The lowest BCUT2D eigenvalue weighted by Gasteiger charge is -2.27. The van der Waals surface area contributed by atoms with Gasteiger partial charge in [0.05, 0.1) is 6.10 Å². The van der Waals surface area contributed by atoms with Gasteiger partial charge in [0.15, 0.2) is 0 Å². The molecule has 1 N–H and O–H groups in total. The quantitative estimate of drug-likeness (QED) is 0.773. The van der Waals surface area contributed by atoms with E-state index in [2.05, 4.69) is 58.1 Å². The van der Waals surface area contributed by atoms with Gasteiger partial charge in [-0.15, -0.1) is 0 Å². The maximum Gasteiger partial charge on any atom is 0.0728 e. The normalized spacial score (nSPS) is 14.4. The molecule has 1 rings (SSSR count). The molecule has 1 aromatic rings. The molecular formula is C17H29NO. The SMILES string of the molecule is CCNC(Cc1cc(C)cc(C)c1)C(CC)OCC. The highest BCUT2D eigenvalue weighted by atomic mass is 16.5. The van der Waals surface area contributed by atoms with Crippen molar-refractivity contribution in [2.75, 3.05) is 13.2 Å². The molecule has 0 aliphatic rings. The Balaban J connectivity index is 2.81. The summed E-state index contributed by atoms with van der Waals surface area (Å²) in [5.74, 6) is 0. The Morgan fingerprint density at radius 1 is 1.05 bits per heavy atom. The second-order valence-corrected chi connectivity index (χ2v) is 5.27. The molecule has 2 unspecified atom stereocenters. The summed E-state index contributed by atoms with van der Waals surface area (Å²) in [6.45, 7) is 12.5. The van der Waals surface area contributed by atoms with Crippen molar-refractivity contribution in [1.82, 2.24) is 5.32 Å². The fourth-order valence-electron chi connectivity index (χ4n) is 2.77. The Kier molecular flexibility index (Phi) is 7.11. The standard InChI is InChI=1S/C17H29NO/c1-6-17(19-8-3)16(18-7-2)12-15-10-13(4)9-14(5)11-15/h9-11,16-18H,6-8,12H2,1-5H3. The average molecular weight is 263 g/mol. The molecule has 0 amide bonds. The van der Waals surface area contributed by atoms with Crippen LogP contribution < -0.4 is 5.32 Å². The first-order chi connectivity index (χ1) is 9.10. The largest absolute Gasteiger partial charge is 0.377 e. The van der Waals surface area contributed by atoms with Gasteiger partial charge >= 0.3 is 0 Å². The van der Waals surface area contributed by atoms with Crippen LogP contribution in [-0.4, -0.2) is 25.3 Å². The first kappa shape index (κ1) is 16.2. The fraction of sp³-hybridized carbons (Fsp3) is 0.647. The highest BCUT2D eigenvalue weighted by Crippen LogP contribution is 2.15. The summed E-state index contributed by atoms with van der Waals surface area (Å²) < 4.78 is 5.88. The maximum atomic E-state index is 5.88. The van der Waals surface area contributed by atoms with Gasteiger partial charge in [0.2, 0.25) is 0 Å². The molecule has 0 aromatic heterocycles. The summed E-state index contributed by atoms with van der Waals surface area (Å²) in [6, 6.07) is 7.20. The highest BCUT2D eigenvalue weighted by Gasteiger charge is 2.19. The van der Waals surface area contributed by atoms with E-state index in [1.54, 1.807) is 0 Å². The lowest BCUT2D eigenvalue weighted by molar-refractivity contribution is 0.0323. The van der Waals surface area contributed by atoms with Gasteiger partial charge in [-0.3, -0.25) is 0 Å². The molecule has 2 heteroatoms. The number of aryl methyl sites for hydroxylation is 2. The van der Waals surface area contributed by atoms with E-state index >= 15 is 0 Å². The third-order valence-corrected chi connectivity index (χ3v) is 3.44. The monoisotopic (exact) mass is 263 g/mol. The Morgan fingerprint density at radius 3 is 2.16 bits per heavy atom. The zero-order valence-electron chi connectivity index (χ0n) is 13.1. The van der Waals surface area contributed by atoms with E-state index < -0.39 is 0 Å². The lowest BCUT2D eigenvalue weighted by Crippen LogP contribution is -2.42. The van der Waals surface area contributed by atoms with Gasteiger partial charge in [0.25, 0.3) is 0 Å². The number of nitrogens with one attached hydrogen (secondary N) is 1. The van der Waals surface area contributed by atoms with Crippen LogP contribution in [0.15, 0.2) is 18.2 Å². The number of rotatable bonds is 8. The van der Waals surface area contributed by atoms with Crippen LogP contribution in [0.4, 0.5) is 0 Å². The minimum absolute atomic E-state index is 0.297. The van der Waals surface area contributed by atoms with Crippen molar-refractivity contribution in [3.05, 3.63) is 34.9 Å². The van der Waals surface area contributed by atoms with Gasteiger partial charge in [-0.1, -0.05) is 43.2 Å². The van der Waals surface area contributed by atoms with E-state index in [4.69, 9.17) is 4.74 Å². The van der Waals surface area contributed by atoms with E-state index in [1.165, 1.54) is 16.7 Å². The van der Waals surface area contributed by atoms with Crippen molar-refractivity contribution in [2.45, 2.75) is 59.6 Å². The Morgan fingerprint density at radius 2 is 1.68 bits per heavy atom. The molecule has 0 fully saturated rings. The lowest BCUT2D eigenvalue weighted by atomic mass is 9.97. The first-order valence-electron chi connectivity index (χ1n) is 7.52. The molecule has 0 spiro atoms. The van der Waals surface area contributed by atoms with Crippen LogP contribution in [0.25, 0.3) is 0 Å². The molecule has 2 atom stereocenters. The molecule has 0 saturated heterocycles. The van der Waals surface area contributed by atoms with Crippen molar-refractivity contribution < 1.29 is 4.74 Å². The van der Waals surface area contributed by atoms with Crippen molar-refractivity contribution in [2.24, 2.45) is 0 Å². The molecule has 0 bridgehead atoms. The van der Waals surface area contributed by atoms with Crippen LogP contribution in [-0.2, 0) is 11.2 Å². The predicted octanol–water partition coefficient (Wildman–Crippen LogP) is 3.64. The van der Waals surface area contributed by atoms with Gasteiger partial charge in [0.1, 0.15) is 0 Å². The van der Waals surface area contributed by atoms with Gasteiger partial charge in [0, 0.05) is 12.6 Å². The molecule has 2 nitrogen and oxygen atoms in total. The van der Waals surface area contributed by atoms with E-state index in [0.717, 1.165) is 26.0 Å². The van der Waals surface area contributed by atoms with Crippen molar-refractivity contribution in [3.63, 3.8) is 0 Å². The van der Waals surface area contributed by atoms with Gasteiger partial charge in [-0.05, 0) is 45.7 Å². The summed E-state index contributed by atoms with van der Waals surface area (Å²) in [4.78, 5) is 0. The van der Waals surface area contributed by atoms with Crippen LogP contribution in [0.2, 0.25) is 0 Å². The third kappa shape index (κ3) is 5.33. The van der Waals surface area contributed by atoms with Gasteiger partial charge in [-0.25, -0.2) is 0 Å². The van der Waals surface area contributed by atoms with Crippen LogP contribution >= 0.6 is 0 Å². The summed E-state index contributed by atoms with van der Waals surface area (Å²) >= 11 is 0. The first-order valence-corrected chi connectivity index (χ1v) is 7.52. The van der Waals surface area contributed by atoms with E-state index in [-0.39, 0.29) is 0 Å². The van der Waals surface area contributed by atoms with Gasteiger partial charge in [-0.2, -0.15) is 0 Å². The third-order valence-electron chi connectivity index (χ3n) is 3.44. The van der Waals surface area contributed by atoms with Crippen LogP contribution in [0, 0.1) is 13.8 Å². The summed E-state index contributed by atoms with van der Waals surface area (Å²) in [5, 5.41) is 3.58. The molecule has 108 valence electrons. The second kappa shape index (κ2) is 8.34. The molecule has 0 aliphatic heterocycles. The van der Waals surface area contributed by atoms with Crippen molar-refractivity contribution in [3.8, 4) is 0 Å². The molecule has 0 radical (unpaired) electrons. The van der Waals surface area contributed by atoms with Crippen molar-refractivity contribution in [1.29, 1.82) is 0 Å². The van der Waals surface area contributed by atoms with Gasteiger partial charge < -0.3 is 10.1 Å². The maximum absolute atomic E-state index is 5.88. The predicted molar refractivity (Wildman–Crippen MR) is 82.8 cm³/mol. The van der Waals surface area contributed by atoms with E-state index in [0.29, 0.717) is 12.1 Å². The van der Waals surface area contributed by atoms with E-state index in [9.17, 15) is 0 Å². The summed E-state index contributed by atoms with van der Waals surface area (Å²) in [6.07, 6.45) is 2.39. The number of benzene rings is 1. The second-order valence-electron chi connectivity index (χ2n) is 5.27. The zero-order valence-corrected chi connectivity index (χ0v) is 13.1. The Labute approximate surface area is 118 Å². The summed E-state index contributed by atoms with van der Waals surface area (Å²) in [5.41, 5.74) is 4.09. The number of ether oxygens (including phenoxy) is 1. The molecule has 0 aliphatic carbocycles.